The van der Waals surface area contributed by atoms with Crippen LogP contribution >= 0.6 is 0 Å². The molecular weight excluding hydrogens is 160 g/mol. The predicted molar refractivity (Wildman–Crippen MR) is 56.6 cm³/mol. The van der Waals surface area contributed by atoms with Gasteiger partial charge in [-0.15, -0.1) is 6.42 Å². The zero-order valence-electron chi connectivity index (χ0n) is 8.71. The molecule has 0 aromatic carbocycles. The Kier molecular flexibility index (Phi) is 4.27. The van der Waals surface area contributed by atoms with E-state index >= 15 is 0 Å². The first-order valence-electron chi connectivity index (χ1n) is 5.22. The molecule has 0 saturated carbocycles. The van der Waals surface area contributed by atoms with E-state index < -0.39 is 0 Å². The van der Waals surface area contributed by atoms with Crippen molar-refractivity contribution in [3.8, 4) is 12.3 Å². The zero-order chi connectivity index (χ0) is 9.68. The van der Waals surface area contributed by atoms with Gasteiger partial charge in [0.05, 0.1) is 6.04 Å². The van der Waals surface area contributed by atoms with E-state index in [0.717, 1.165) is 26.1 Å². The summed E-state index contributed by atoms with van der Waals surface area (Å²) in [7, 11) is 0. The molecule has 0 aromatic heterocycles. The Morgan fingerprint density at radius 1 is 1.69 bits per heavy atom. The average Bonchev–Trinajstić information content (AvgIpc) is 2.16. The lowest BCUT2D eigenvalue weighted by Crippen LogP contribution is -2.53. The molecule has 1 aliphatic rings. The highest BCUT2D eigenvalue weighted by molar-refractivity contribution is 5.02. The monoisotopic (exact) mass is 180 g/mol. The summed E-state index contributed by atoms with van der Waals surface area (Å²) in [5.74, 6) is 2.90. The third kappa shape index (κ3) is 2.72. The minimum Gasteiger partial charge on any atom is -0.314 e. The Bertz CT molecular complexity index is 183. The maximum atomic E-state index is 5.54. The number of piperazine rings is 1. The Morgan fingerprint density at radius 3 is 3.00 bits per heavy atom. The minimum atomic E-state index is 0.349. The van der Waals surface area contributed by atoms with Crippen molar-refractivity contribution in [2.45, 2.75) is 38.8 Å². The number of hydrogen-bond donors (Lipinski definition) is 1. The third-order valence-corrected chi connectivity index (χ3v) is 2.71. The summed E-state index contributed by atoms with van der Waals surface area (Å²) < 4.78 is 0. The fourth-order valence-electron chi connectivity index (χ4n) is 1.94. The molecule has 0 aliphatic carbocycles. The quantitative estimate of drug-likeness (QED) is 0.654. The van der Waals surface area contributed by atoms with Crippen molar-refractivity contribution in [3.63, 3.8) is 0 Å². The van der Waals surface area contributed by atoms with Crippen LogP contribution in [-0.2, 0) is 0 Å². The second kappa shape index (κ2) is 5.26. The molecule has 1 heterocycles. The van der Waals surface area contributed by atoms with Crippen molar-refractivity contribution >= 4 is 0 Å². The number of nitrogens with one attached hydrogen (secondary N) is 1. The Morgan fingerprint density at radius 2 is 2.46 bits per heavy atom. The van der Waals surface area contributed by atoms with Gasteiger partial charge in [0.25, 0.3) is 0 Å². The topological polar surface area (TPSA) is 15.3 Å². The van der Waals surface area contributed by atoms with Gasteiger partial charge < -0.3 is 5.32 Å². The van der Waals surface area contributed by atoms with E-state index in [-0.39, 0.29) is 0 Å². The molecule has 1 N–H and O–H groups in total. The zero-order valence-corrected chi connectivity index (χ0v) is 8.71. The van der Waals surface area contributed by atoms with E-state index in [9.17, 15) is 0 Å². The molecule has 0 amide bonds. The van der Waals surface area contributed by atoms with Crippen LogP contribution in [0.4, 0.5) is 0 Å². The molecule has 0 radical (unpaired) electrons. The molecule has 13 heavy (non-hydrogen) atoms. The van der Waals surface area contributed by atoms with Crippen LogP contribution in [-0.4, -0.2) is 36.6 Å². The summed E-state index contributed by atoms with van der Waals surface area (Å²) in [4.78, 5) is 2.44. The van der Waals surface area contributed by atoms with Crippen LogP contribution in [0.15, 0.2) is 0 Å². The summed E-state index contributed by atoms with van der Waals surface area (Å²) in [6, 6.07) is 0.934. The molecular formula is C11H20N2. The van der Waals surface area contributed by atoms with Crippen LogP contribution in [0.25, 0.3) is 0 Å². The first-order chi connectivity index (χ1) is 6.29. The number of terminal acetylenes is 1. The summed E-state index contributed by atoms with van der Waals surface area (Å²) in [6.45, 7) is 7.67. The van der Waals surface area contributed by atoms with Gasteiger partial charge in [0.15, 0.2) is 0 Å². The van der Waals surface area contributed by atoms with E-state index in [2.05, 4.69) is 30.0 Å². The molecule has 1 rings (SSSR count). The van der Waals surface area contributed by atoms with Crippen molar-refractivity contribution < 1.29 is 0 Å². The molecule has 2 atom stereocenters. The first kappa shape index (κ1) is 10.6. The summed E-state index contributed by atoms with van der Waals surface area (Å²) >= 11 is 0. The van der Waals surface area contributed by atoms with Crippen LogP contribution < -0.4 is 5.32 Å². The fourth-order valence-corrected chi connectivity index (χ4v) is 1.94. The molecule has 1 aliphatic heterocycles. The van der Waals surface area contributed by atoms with Gasteiger partial charge in [0.1, 0.15) is 0 Å². The summed E-state index contributed by atoms with van der Waals surface area (Å²) in [6.07, 6.45) is 7.84. The normalized spacial score (nSPS) is 26.7. The summed E-state index contributed by atoms with van der Waals surface area (Å²) in [5, 5.41) is 3.38. The van der Waals surface area contributed by atoms with E-state index in [1.54, 1.807) is 0 Å². The Balaban J connectivity index is 2.51. The lowest BCUT2D eigenvalue weighted by molar-refractivity contribution is 0.139. The standard InChI is InChI=1S/C11H20N2/c1-4-6-11(5-2)13-8-7-12-9-10(13)3/h2,10-12H,4,6-9H2,1,3H3. The fraction of sp³-hybridized carbons (Fsp3) is 0.818. The van der Waals surface area contributed by atoms with E-state index in [1.807, 2.05) is 0 Å². The number of hydrogen-bond acceptors (Lipinski definition) is 2. The van der Waals surface area contributed by atoms with Gasteiger partial charge in [-0.2, -0.15) is 0 Å². The van der Waals surface area contributed by atoms with Crippen molar-refractivity contribution in [1.82, 2.24) is 10.2 Å². The largest absolute Gasteiger partial charge is 0.314 e. The maximum absolute atomic E-state index is 5.54. The van der Waals surface area contributed by atoms with Gasteiger partial charge in [-0.05, 0) is 13.3 Å². The smallest absolute Gasteiger partial charge is 0.0715 e. The summed E-state index contributed by atoms with van der Waals surface area (Å²) in [5.41, 5.74) is 0. The first-order valence-corrected chi connectivity index (χ1v) is 5.22. The third-order valence-electron chi connectivity index (χ3n) is 2.71. The number of nitrogens with zero attached hydrogens (tertiary/aromatic N) is 1. The molecule has 0 spiro atoms. The molecule has 1 fully saturated rings. The average molecular weight is 180 g/mol. The van der Waals surface area contributed by atoms with Gasteiger partial charge in [0, 0.05) is 25.7 Å². The van der Waals surface area contributed by atoms with Crippen LogP contribution in [0.1, 0.15) is 26.7 Å². The Labute approximate surface area is 81.7 Å². The second-order valence-electron chi connectivity index (χ2n) is 3.76. The van der Waals surface area contributed by atoms with Gasteiger partial charge in [-0.3, -0.25) is 4.90 Å². The molecule has 0 bridgehead atoms. The van der Waals surface area contributed by atoms with Gasteiger partial charge >= 0.3 is 0 Å². The van der Waals surface area contributed by atoms with E-state index in [0.29, 0.717) is 12.1 Å². The molecule has 1 saturated heterocycles. The van der Waals surface area contributed by atoms with Crippen LogP contribution in [0.5, 0.6) is 0 Å². The molecule has 2 nitrogen and oxygen atoms in total. The van der Waals surface area contributed by atoms with Crippen LogP contribution in [0, 0.1) is 12.3 Å². The van der Waals surface area contributed by atoms with Gasteiger partial charge in [-0.25, -0.2) is 0 Å². The highest BCUT2D eigenvalue weighted by Crippen LogP contribution is 2.11. The van der Waals surface area contributed by atoms with Gasteiger partial charge in [-0.1, -0.05) is 19.3 Å². The van der Waals surface area contributed by atoms with Crippen molar-refractivity contribution in [3.05, 3.63) is 0 Å². The molecule has 0 aromatic rings. The van der Waals surface area contributed by atoms with Crippen molar-refractivity contribution in [2.24, 2.45) is 0 Å². The lowest BCUT2D eigenvalue weighted by atomic mass is 10.1. The van der Waals surface area contributed by atoms with Crippen LogP contribution in [0.2, 0.25) is 0 Å². The van der Waals surface area contributed by atoms with E-state index in [4.69, 9.17) is 6.42 Å². The van der Waals surface area contributed by atoms with Crippen LogP contribution in [0.3, 0.4) is 0 Å². The van der Waals surface area contributed by atoms with Gasteiger partial charge in [0.2, 0.25) is 0 Å². The molecule has 74 valence electrons. The molecule has 2 heteroatoms. The second-order valence-corrected chi connectivity index (χ2v) is 3.76. The molecule has 2 unspecified atom stereocenters. The van der Waals surface area contributed by atoms with Crippen molar-refractivity contribution in [2.75, 3.05) is 19.6 Å². The highest BCUT2D eigenvalue weighted by atomic mass is 15.2. The Hall–Kier alpha value is -0.520. The van der Waals surface area contributed by atoms with Crippen molar-refractivity contribution in [1.29, 1.82) is 0 Å². The van der Waals surface area contributed by atoms with E-state index in [1.165, 1.54) is 6.42 Å². The highest BCUT2D eigenvalue weighted by Gasteiger charge is 2.23. The minimum absolute atomic E-state index is 0.349. The maximum Gasteiger partial charge on any atom is 0.0715 e. The predicted octanol–water partition coefficient (Wildman–Crippen LogP) is 1.08. The SMILES string of the molecule is C#CC(CCC)N1CCNCC1C. The lowest BCUT2D eigenvalue weighted by Gasteiger charge is -2.37. The number of rotatable bonds is 3.